The van der Waals surface area contributed by atoms with E-state index in [0.717, 1.165) is 40.6 Å². The van der Waals surface area contributed by atoms with Crippen molar-refractivity contribution in [1.82, 2.24) is 4.90 Å². The molecule has 0 bridgehead atoms. The summed E-state index contributed by atoms with van der Waals surface area (Å²) in [6, 6.07) is 5.65. The minimum atomic E-state index is -0.0217. The Bertz CT molecular complexity index is 482. The van der Waals surface area contributed by atoms with Crippen LogP contribution in [0.3, 0.4) is 0 Å². The molecule has 2 rings (SSSR count). The molecule has 0 spiro atoms. The molecular formula is C14H18Br2N2O2. The summed E-state index contributed by atoms with van der Waals surface area (Å²) in [5.41, 5.74) is 0.772. The SMILES string of the molecule is O=C(CN1CCCC(CO)C1)Nc1ccc(Br)cc1Br. The normalized spacial score (nSPS) is 19.9. The van der Waals surface area contributed by atoms with Crippen LogP contribution in [0.1, 0.15) is 12.8 Å². The van der Waals surface area contributed by atoms with E-state index < -0.39 is 0 Å². The average Bonchev–Trinajstić information content (AvgIpc) is 2.42. The van der Waals surface area contributed by atoms with Crippen LogP contribution in [0.25, 0.3) is 0 Å². The number of benzene rings is 1. The number of carbonyl (C=O) groups is 1. The lowest BCUT2D eigenvalue weighted by molar-refractivity contribution is -0.117. The summed E-state index contributed by atoms with van der Waals surface area (Å²) in [5.74, 6) is 0.280. The summed E-state index contributed by atoms with van der Waals surface area (Å²) in [6.07, 6.45) is 2.09. The number of nitrogens with one attached hydrogen (secondary N) is 1. The van der Waals surface area contributed by atoms with Crippen molar-refractivity contribution < 1.29 is 9.90 Å². The number of aliphatic hydroxyl groups excluding tert-OH is 1. The third-order valence-corrected chi connectivity index (χ3v) is 4.58. The molecule has 1 unspecified atom stereocenters. The molecule has 2 N–H and O–H groups in total. The molecule has 4 nitrogen and oxygen atoms in total. The summed E-state index contributed by atoms with van der Waals surface area (Å²) in [7, 11) is 0. The zero-order valence-electron chi connectivity index (χ0n) is 11.1. The summed E-state index contributed by atoms with van der Waals surface area (Å²) in [5, 5.41) is 12.1. The van der Waals surface area contributed by atoms with Gasteiger partial charge in [-0.05, 0) is 59.4 Å². The van der Waals surface area contributed by atoms with Crippen molar-refractivity contribution in [1.29, 1.82) is 0 Å². The molecule has 1 heterocycles. The monoisotopic (exact) mass is 404 g/mol. The highest BCUT2D eigenvalue weighted by atomic mass is 79.9. The molecule has 1 aromatic rings. The minimum Gasteiger partial charge on any atom is -0.396 e. The molecule has 0 aromatic heterocycles. The molecule has 0 aliphatic carbocycles. The number of hydrogen-bond acceptors (Lipinski definition) is 3. The summed E-state index contributed by atoms with van der Waals surface area (Å²) in [6.45, 7) is 2.30. The number of anilines is 1. The van der Waals surface area contributed by atoms with E-state index in [1.165, 1.54) is 0 Å². The van der Waals surface area contributed by atoms with E-state index in [-0.39, 0.29) is 12.5 Å². The lowest BCUT2D eigenvalue weighted by Gasteiger charge is -2.31. The first kappa shape index (κ1) is 15.9. The Kier molecular flexibility index (Phi) is 6.01. The second-order valence-corrected chi connectivity index (χ2v) is 6.87. The van der Waals surface area contributed by atoms with Crippen molar-refractivity contribution in [2.24, 2.45) is 5.92 Å². The Hall–Kier alpha value is -0.430. The fourth-order valence-electron chi connectivity index (χ4n) is 2.43. The molecule has 1 aliphatic rings. The van der Waals surface area contributed by atoms with Gasteiger partial charge in [0.05, 0.1) is 12.2 Å². The first-order chi connectivity index (χ1) is 9.58. The Labute approximate surface area is 135 Å². The third-order valence-electron chi connectivity index (χ3n) is 3.43. The maximum Gasteiger partial charge on any atom is 0.238 e. The van der Waals surface area contributed by atoms with E-state index in [4.69, 9.17) is 0 Å². The molecule has 1 fully saturated rings. The maximum atomic E-state index is 12.1. The first-order valence-electron chi connectivity index (χ1n) is 6.66. The van der Waals surface area contributed by atoms with Gasteiger partial charge in [-0.3, -0.25) is 9.69 Å². The number of carbonyl (C=O) groups excluding carboxylic acids is 1. The lowest BCUT2D eigenvalue weighted by Crippen LogP contribution is -2.41. The van der Waals surface area contributed by atoms with Crippen molar-refractivity contribution >= 4 is 43.5 Å². The second-order valence-electron chi connectivity index (χ2n) is 5.10. The average molecular weight is 406 g/mol. The number of likely N-dealkylation sites (tertiary alicyclic amines) is 1. The van der Waals surface area contributed by atoms with Gasteiger partial charge >= 0.3 is 0 Å². The van der Waals surface area contributed by atoms with E-state index in [2.05, 4.69) is 42.1 Å². The number of halogens is 2. The molecule has 0 saturated carbocycles. The Morgan fingerprint density at radius 1 is 1.45 bits per heavy atom. The van der Waals surface area contributed by atoms with E-state index >= 15 is 0 Å². The number of hydrogen-bond donors (Lipinski definition) is 2. The zero-order valence-corrected chi connectivity index (χ0v) is 14.3. The highest BCUT2D eigenvalue weighted by molar-refractivity contribution is 9.11. The molecule has 1 saturated heterocycles. The molecule has 6 heteroatoms. The van der Waals surface area contributed by atoms with Crippen LogP contribution in [0, 0.1) is 5.92 Å². The van der Waals surface area contributed by atoms with Crippen molar-refractivity contribution in [2.45, 2.75) is 12.8 Å². The number of aliphatic hydroxyl groups is 1. The first-order valence-corrected chi connectivity index (χ1v) is 8.25. The fraction of sp³-hybridized carbons (Fsp3) is 0.500. The van der Waals surface area contributed by atoms with Gasteiger partial charge < -0.3 is 10.4 Å². The van der Waals surface area contributed by atoms with Gasteiger partial charge in [-0.1, -0.05) is 15.9 Å². The molecule has 20 heavy (non-hydrogen) atoms. The molecular weight excluding hydrogens is 388 g/mol. The molecule has 1 aromatic carbocycles. The van der Waals surface area contributed by atoms with Gasteiger partial charge in [-0.25, -0.2) is 0 Å². The fourth-order valence-corrected chi connectivity index (χ4v) is 3.57. The van der Waals surface area contributed by atoms with Gasteiger partial charge in [0.15, 0.2) is 0 Å². The van der Waals surface area contributed by atoms with Crippen LogP contribution < -0.4 is 5.32 Å². The van der Waals surface area contributed by atoms with Gasteiger partial charge in [0.1, 0.15) is 0 Å². The molecule has 1 aliphatic heterocycles. The quantitative estimate of drug-likeness (QED) is 0.809. The van der Waals surface area contributed by atoms with Gasteiger partial charge in [-0.2, -0.15) is 0 Å². The summed E-state index contributed by atoms with van der Waals surface area (Å²) >= 11 is 6.81. The van der Waals surface area contributed by atoms with Crippen molar-refractivity contribution in [3.05, 3.63) is 27.1 Å². The predicted octanol–water partition coefficient (Wildman–Crippen LogP) is 2.85. The molecule has 0 radical (unpaired) electrons. The van der Waals surface area contributed by atoms with Crippen molar-refractivity contribution in [3.8, 4) is 0 Å². The summed E-state index contributed by atoms with van der Waals surface area (Å²) < 4.78 is 1.82. The van der Waals surface area contributed by atoms with Crippen LogP contribution in [0.2, 0.25) is 0 Å². The highest BCUT2D eigenvalue weighted by Gasteiger charge is 2.21. The van der Waals surface area contributed by atoms with Gasteiger partial charge in [0.25, 0.3) is 0 Å². The number of piperidine rings is 1. The van der Waals surface area contributed by atoms with E-state index in [9.17, 15) is 9.90 Å². The topological polar surface area (TPSA) is 52.6 Å². The number of nitrogens with zero attached hydrogens (tertiary/aromatic N) is 1. The molecule has 1 atom stereocenters. The van der Waals surface area contributed by atoms with Crippen LogP contribution in [0.4, 0.5) is 5.69 Å². The van der Waals surface area contributed by atoms with Crippen molar-refractivity contribution in [3.63, 3.8) is 0 Å². The highest BCUT2D eigenvalue weighted by Crippen LogP contribution is 2.26. The minimum absolute atomic E-state index is 0.0217. The maximum absolute atomic E-state index is 12.1. The van der Waals surface area contributed by atoms with Crippen LogP contribution in [0.5, 0.6) is 0 Å². The largest absolute Gasteiger partial charge is 0.396 e. The van der Waals surface area contributed by atoms with Crippen LogP contribution in [-0.2, 0) is 4.79 Å². The Morgan fingerprint density at radius 2 is 2.25 bits per heavy atom. The van der Waals surface area contributed by atoms with Crippen LogP contribution in [0.15, 0.2) is 27.1 Å². The van der Waals surface area contributed by atoms with E-state index in [0.29, 0.717) is 12.5 Å². The second kappa shape index (κ2) is 7.54. The van der Waals surface area contributed by atoms with Gasteiger partial charge in [0, 0.05) is 22.1 Å². The van der Waals surface area contributed by atoms with Crippen LogP contribution in [-0.4, -0.2) is 42.2 Å². The molecule has 1 amide bonds. The van der Waals surface area contributed by atoms with Crippen molar-refractivity contribution in [2.75, 3.05) is 31.6 Å². The van der Waals surface area contributed by atoms with Gasteiger partial charge in [0.2, 0.25) is 5.91 Å². The van der Waals surface area contributed by atoms with Crippen LogP contribution >= 0.6 is 31.9 Å². The number of amides is 1. The van der Waals surface area contributed by atoms with E-state index in [1.54, 1.807) is 0 Å². The van der Waals surface area contributed by atoms with E-state index in [1.807, 2.05) is 18.2 Å². The van der Waals surface area contributed by atoms with Gasteiger partial charge in [-0.15, -0.1) is 0 Å². The standard InChI is InChI=1S/C14H18Br2N2O2/c15-11-3-4-13(12(16)6-11)17-14(20)8-18-5-1-2-10(7-18)9-19/h3-4,6,10,19H,1-2,5,7-9H2,(H,17,20). The predicted molar refractivity (Wildman–Crippen MR) is 86.7 cm³/mol. The zero-order chi connectivity index (χ0) is 14.5. The Balaban J connectivity index is 1.88. The Morgan fingerprint density at radius 3 is 2.95 bits per heavy atom. The lowest BCUT2D eigenvalue weighted by atomic mass is 9.99. The number of rotatable bonds is 4. The third kappa shape index (κ3) is 4.55. The summed E-state index contributed by atoms with van der Waals surface area (Å²) in [4.78, 5) is 14.2. The molecule has 110 valence electrons. The smallest absolute Gasteiger partial charge is 0.238 e.